The number of nitrogens with one attached hydrogen (secondary N) is 2. The second-order valence-electron chi connectivity index (χ2n) is 5.20. The number of carbonyl (C=O) groups excluding carboxylic acids is 1. The average Bonchev–Trinajstić information content (AvgIpc) is 2.51. The molecule has 0 saturated heterocycles. The summed E-state index contributed by atoms with van der Waals surface area (Å²) in [6.45, 7) is 5.17. The van der Waals surface area contributed by atoms with E-state index < -0.39 is 0 Å². The van der Waals surface area contributed by atoms with Gasteiger partial charge in [0, 0.05) is 18.7 Å². The monoisotopic (exact) mass is 319 g/mol. The van der Waals surface area contributed by atoms with Crippen molar-refractivity contribution in [1.82, 2.24) is 14.9 Å². The topological polar surface area (TPSA) is 66.9 Å². The zero-order valence-corrected chi connectivity index (χ0v) is 13.8. The molecular weight excluding hydrogens is 298 g/mol. The number of fused-ring (bicyclic) bond motifs is 1. The van der Waals surface area contributed by atoms with Crippen molar-refractivity contribution in [3.63, 3.8) is 0 Å². The van der Waals surface area contributed by atoms with Gasteiger partial charge < -0.3 is 10.3 Å². The first-order chi connectivity index (χ1) is 10.6. The van der Waals surface area contributed by atoms with Crippen molar-refractivity contribution >= 4 is 29.0 Å². The molecule has 1 aromatic carbocycles. The van der Waals surface area contributed by atoms with Crippen molar-refractivity contribution < 1.29 is 4.79 Å². The summed E-state index contributed by atoms with van der Waals surface area (Å²) in [5.41, 5.74) is 1.00. The fourth-order valence-corrected chi connectivity index (χ4v) is 2.68. The Labute approximate surface area is 134 Å². The van der Waals surface area contributed by atoms with Crippen LogP contribution in [0.2, 0.25) is 0 Å². The van der Waals surface area contributed by atoms with Crippen LogP contribution < -0.4 is 10.9 Å². The third kappa shape index (κ3) is 3.44. The van der Waals surface area contributed by atoms with E-state index in [4.69, 9.17) is 12.2 Å². The number of rotatable bonds is 6. The molecule has 0 aliphatic carbocycles. The molecule has 0 saturated carbocycles. The van der Waals surface area contributed by atoms with E-state index in [9.17, 15) is 9.59 Å². The first kappa shape index (κ1) is 16.4. The normalized spacial score (nSPS) is 10.8. The van der Waals surface area contributed by atoms with E-state index >= 15 is 0 Å². The van der Waals surface area contributed by atoms with Crippen molar-refractivity contribution in [3.05, 3.63) is 38.9 Å². The molecule has 5 nitrogen and oxygen atoms in total. The lowest BCUT2D eigenvalue weighted by molar-refractivity contribution is 0.0953. The van der Waals surface area contributed by atoms with Gasteiger partial charge in [0.2, 0.25) is 0 Å². The highest BCUT2D eigenvalue weighted by Gasteiger charge is 2.09. The Morgan fingerprint density at radius 1 is 1.32 bits per heavy atom. The Morgan fingerprint density at radius 3 is 2.77 bits per heavy atom. The summed E-state index contributed by atoms with van der Waals surface area (Å²) in [5.74, 6) is -0.128. The number of H-pyrrole nitrogens is 1. The van der Waals surface area contributed by atoms with Gasteiger partial charge in [-0.15, -0.1) is 0 Å². The van der Waals surface area contributed by atoms with Crippen LogP contribution >= 0.6 is 12.2 Å². The van der Waals surface area contributed by atoms with Gasteiger partial charge in [-0.05, 0) is 43.8 Å². The Morgan fingerprint density at radius 2 is 2.09 bits per heavy atom. The lowest BCUT2D eigenvalue weighted by Gasteiger charge is -2.08. The summed E-state index contributed by atoms with van der Waals surface area (Å²) in [5, 5.41) is 3.43. The van der Waals surface area contributed by atoms with Crippen molar-refractivity contribution in [1.29, 1.82) is 0 Å². The summed E-state index contributed by atoms with van der Waals surface area (Å²) in [4.78, 5) is 27.4. The van der Waals surface area contributed by atoms with Crippen LogP contribution in [-0.2, 0) is 6.54 Å². The van der Waals surface area contributed by atoms with Crippen molar-refractivity contribution in [2.24, 2.45) is 0 Å². The molecule has 118 valence electrons. The summed E-state index contributed by atoms with van der Waals surface area (Å²) in [6, 6.07) is 5.04. The molecule has 2 rings (SSSR count). The van der Waals surface area contributed by atoms with Gasteiger partial charge in [-0.25, -0.2) is 0 Å². The third-order valence-corrected chi connectivity index (χ3v) is 3.95. The van der Waals surface area contributed by atoms with Crippen LogP contribution in [0, 0.1) is 4.77 Å². The number of hydrogen-bond donors (Lipinski definition) is 2. The standard InChI is InChI=1S/C16H21N3O2S/c1-3-5-6-9-17-14(20)11-7-8-12-13(10-11)18-16(22)19(4-2)15(12)21/h7-8,10H,3-6,9H2,1-2H3,(H,17,20)(H,18,22). The predicted octanol–water partition coefficient (Wildman–Crippen LogP) is 3.00. The zero-order valence-electron chi connectivity index (χ0n) is 12.9. The van der Waals surface area contributed by atoms with Gasteiger partial charge in [0.05, 0.1) is 10.9 Å². The number of aromatic amines is 1. The molecule has 22 heavy (non-hydrogen) atoms. The Balaban J connectivity index is 2.29. The lowest BCUT2D eigenvalue weighted by Crippen LogP contribution is -2.25. The largest absolute Gasteiger partial charge is 0.352 e. The maximum atomic E-state index is 12.3. The number of carbonyl (C=O) groups is 1. The van der Waals surface area contributed by atoms with E-state index in [1.165, 1.54) is 4.57 Å². The minimum atomic E-state index is -0.129. The van der Waals surface area contributed by atoms with Gasteiger partial charge in [0.25, 0.3) is 11.5 Å². The molecule has 1 aromatic heterocycles. The molecule has 1 amide bonds. The highest BCUT2D eigenvalue weighted by atomic mass is 32.1. The van der Waals surface area contributed by atoms with E-state index in [0.717, 1.165) is 19.3 Å². The summed E-state index contributed by atoms with van der Waals surface area (Å²) in [7, 11) is 0. The van der Waals surface area contributed by atoms with Crippen LogP contribution in [0.25, 0.3) is 10.9 Å². The van der Waals surface area contributed by atoms with E-state index in [2.05, 4.69) is 17.2 Å². The fraction of sp³-hybridized carbons (Fsp3) is 0.438. The first-order valence-corrected chi connectivity index (χ1v) is 8.04. The maximum Gasteiger partial charge on any atom is 0.262 e. The van der Waals surface area contributed by atoms with Crippen LogP contribution in [0.5, 0.6) is 0 Å². The summed E-state index contributed by atoms with van der Waals surface area (Å²) < 4.78 is 1.88. The van der Waals surface area contributed by atoms with Gasteiger partial charge in [-0.1, -0.05) is 19.8 Å². The molecular formula is C16H21N3O2S. The van der Waals surface area contributed by atoms with Gasteiger partial charge in [-0.2, -0.15) is 0 Å². The molecule has 0 spiro atoms. The second kappa shape index (κ2) is 7.35. The van der Waals surface area contributed by atoms with Gasteiger partial charge in [-0.3, -0.25) is 14.2 Å². The van der Waals surface area contributed by atoms with Crippen LogP contribution in [0.4, 0.5) is 0 Å². The van der Waals surface area contributed by atoms with E-state index in [-0.39, 0.29) is 11.5 Å². The number of hydrogen-bond acceptors (Lipinski definition) is 3. The van der Waals surface area contributed by atoms with Crippen LogP contribution in [0.15, 0.2) is 23.0 Å². The molecule has 1 heterocycles. The maximum absolute atomic E-state index is 12.3. The number of amides is 1. The van der Waals surface area contributed by atoms with Crippen molar-refractivity contribution in [2.45, 2.75) is 39.7 Å². The minimum absolute atomic E-state index is 0.128. The molecule has 0 aliphatic rings. The van der Waals surface area contributed by atoms with Gasteiger partial charge in [0.15, 0.2) is 4.77 Å². The Kier molecular flexibility index (Phi) is 5.49. The summed E-state index contributed by atoms with van der Waals surface area (Å²) in [6.07, 6.45) is 3.19. The van der Waals surface area contributed by atoms with Crippen molar-refractivity contribution in [3.8, 4) is 0 Å². The fourth-order valence-electron chi connectivity index (χ4n) is 2.36. The highest BCUT2D eigenvalue weighted by Crippen LogP contribution is 2.11. The van der Waals surface area contributed by atoms with Crippen LogP contribution in [0.1, 0.15) is 43.5 Å². The van der Waals surface area contributed by atoms with Gasteiger partial charge >= 0.3 is 0 Å². The van der Waals surface area contributed by atoms with Gasteiger partial charge in [0.1, 0.15) is 0 Å². The molecule has 0 atom stereocenters. The first-order valence-electron chi connectivity index (χ1n) is 7.63. The van der Waals surface area contributed by atoms with E-state index in [0.29, 0.717) is 34.3 Å². The molecule has 0 radical (unpaired) electrons. The third-order valence-electron chi connectivity index (χ3n) is 3.63. The SMILES string of the molecule is CCCCCNC(=O)c1ccc2c(=O)n(CC)c(=S)[nH]c2c1. The molecule has 0 unspecified atom stereocenters. The molecule has 2 aromatic rings. The minimum Gasteiger partial charge on any atom is -0.352 e. The Hall–Kier alpha value is -1.95. The Bertz CT molecular complexity index is 792. The molecule has 6 heteroatoms. The van der Waals surface area contributed by atoms with Crippen LogP contribution in [0.3, 0.4) is 0 Å². The number of aromatic nitrogens is 2. The smallest absolute Gasteiger partial charge is 0.262 e. The van der Waals surface area contributed by atoms with Crippen molar-refractivity contribution in [2.75, 3.05) is 6.54 Å². The lowest BCUT2D eigenvalue weighted by atomic mass is 10.1. The quantitative estimate of drug-likeness (QED) is 0.635. The summed E-state index contributed by atoms with van der Waals surface area (Å²) >= 11 is 5.18. The zero-order chi connectivity index (χ0) is 16.1. The predicted molar refractivity (Wildman–Crippen MR) is 90.9 cm³/mol. The average molecular weight is 319 g/mol. The molecule has 0 fully saturated rings. The van der Waals surface area contributed by atoms with Crippen LogP contribution in [-0.4, -0.2) is 22.0 Å². The molecule has 0 aliphatic heterocycles. The van der Waals surface area contributed by atoms with E-state index in [1.807, 2.05) is 6.92 Å². The second-order valence-corrected chi connectivity index (χ2v) is 5.59. The van der Waals surface area contributed by atoms with E-state index in [1.54, 1.807) is 18.2 Å². The number of benzene rings is 1. The number of nitrogens with zero attached hydrogens (tertiary/aromatic N) is 1. The molecule has 0 bridgehead atoms. The number of unbranched alkanes of at least 4 members (excludes halogenated alkanes) is 2. The highest BCUT2D eigenvalue weighted by molar-refractivity contribution is 7.71. The molecule has 2 N–H and O–H groups in total.